The molecule has 1 heterocycles. The third-order valence-electron chi connectivity index (χ3n) is 13.9. The lowest BCUT2D eigenvalue weighted by Gasteiger charge is -2.34. The van der Waals surface area contributed by atoms with Gasteiger partial charge in [0.1, 0.15) is 10.8 Å². The van der Waals surface area contributed by atoms with Crippen molar-refractivity contribution in [1.29, 1.82) is 0 Å². The van der Waals surface area contributed by atoms with Gasteiger partial charge in [-0.15, -0.1) is 0 Å². The number of halogens is 6. The topological polar surface area (TPSA) is 32.3 Å². The molecule has 10 rings (SSSR count). The van der Waals surface area contributed by atoms with Crippen LogP contribution in [0.2, 0.25) is 0 Å². The Kier molecular flexibility index (Phi) is 13.2. The summed E-state index contributed by atoms with van der Waals surface area (Å²) < 4.78 is 93.0. The number of nitrogens with zero attached hydrogens (tertiary/aromatic N) is 4. The van der Waals surface area contributed by atoms with E-state index in [0.29, 0.717) is 45.3 Å². The molecule has 10 aromatic rings. The normalized spacial score (nSPS) is 13.4. The largest absolute Gasteiger partial charge is 0.402 e. The summed E-state index contributed by atoms with van der Waals surface area (Å²) >= 11 is 0. The van der Waals surface area contributed by atoms with Crippen molar-refractivity contribution in [1.82, 2.24) is 9.97 Å². The van der Waals surface area contributed by atoms with Crippen LogP contribution in [0.4, 0.5) is 60.5 Å². The second kappa shape index (κ2) is 20.0. The van der Waals surface area contributed by atoms with Crippen LogP contribution >= 0.6 is 0 Å². The predicted molar refractivity (Wildman–Crippen MR) is 286 cm³/mol. The van der Waals surface area contributed by atoms with Crippen molar-refractivity contribution < 1.29 is 26.3 Å². The zero-order valence-electron chi connectivity index (χ0n) is 40.3. The molecule has 0 saturated heterocycles. The number of para-hydroxylation sites is 4. The number of benzene rings is 9. The maximum atomic E-state index is 15.5. The summed E-state index contributed by atoms with van der Waals surface area (Å²) in [7, 11) is 0. The fourth-order valence-electron chi connectivity index (χ4n) is 9.49. The molecule has 0 amide bonds. The molecule has 2 atom stereocenters. The molecule has 1 aromatic heterocycles. The molecule has 74 heavy (non-hydrogen) atoms. The van der Waals surface area contributed by atoms with E-state index in [1.807, 2.05) is 161 Å². The minimum absolute atomic E-state index is 0.0321. The second-order valence-corrected chi connectivity index (χ2v) is 18.3. The number of hydrogen-bond donors (Lipinski definition) is 0. The summed E-state index contributed by atoms with van der Waals surface area (Å²) in [6.45, 7) is 2.38. The summed E-state index contributed by atoms with van der Waals surface area (Å²) in [6.07, 6.45) is -9.36. The van der Waals surface area contributed by atoms with Crippen LogP contribution in [-0.2, 0) is 10.8 Å². The van der Waals surface area contributed by atoms with Gasteiger partial charge in [0.2, 0.25) is 0 Å². The lowest BCUT2D eigenvalue weighted by molar-refractivity contribution is -0.173. The molecule has 9 aromatic carbocycles. The molecule has 0 radical (unpaired) electrons. The highest BCUT2D eigenvalue weighted by atomic mass is 19.4. The van der Waals surface area contributed by atoms with Crippen LogP contribution < -0.4 is 9.80 Å². The van der Waals surface area contributed by atoms with Gasteiger partial charge in [0, 0.05) is 50.8 Å². The first-order valence-corrected chi connectivity index (χ1v) is 24.0. The standard InChI is InChI=1S/C64H48F6N4/c1-61(63(65,66)67,50-36-40-56(41-37-50)73(52-20-10-4-11-21-52)53-22-12-5-13-23-53)48-32-28-45(29-33-48)58-44-59(72-60(71-58)47-18-8-3-9-19-47)46-30-34-49(35-31-46)62(2,64(68,69)70)51-38-42-57(43-39-51)74(54-24-14-6-15-25-54)55-26-16-7-17-27-55/h3-44H,1-2H3. The predicted octanol–water partition coefficient (Wildman–Crippen LogP) is 18.2. The summed E-state index contributed by atoms with van der Waals surface area (Å²) in [6, 6.07) is 74.8. The van der Waals surface area contributed by atoms with Crippen molar-refractivity contribution in [2.45, 2.75) is 37.0 Å². The van der Waals surface area contributed by atoms with Crippen LogP contribution in [0.15, 0.2) is 255 Å². The number of hydrogen-bond acceptors (Lipinski definition) is 4. The second-order valence-electron chi connectivity index (χ2n) is 18.3. The molecule has 4 nitrogen and oxygen atoms in total. The van der Waals surface area contributed by atoms with E-state index in [-0.39, 0.29) is 22.3 Å². The Bertz CT molecular complexity index is 3160. The van der Waals surface area contributed by atoms with Crippen LogP contribution in [0.5, 0.6) is 0 Å². The van der Waals surface area contributed by atoms with Gasteiger partial charge in [-0.2, -0.15) is 26.3 Å². The van der Waals surface area contributed by atoms with Gasteiger partial charge in [0.25, 0.3) is 0 Å². The van der Waals surface area contributed by atoms with Crippen molar-refractivity contribution in [3.8, 4) is 33.9 Å². The summed E-state index contributed by atoms with van der Waals surface area (Å²) in [5.74, 6) is 0.340. The summed E-state index contributed by atoms with van der Waals surface area (Å²) in [5.41, 5.74) is 2.83. The zero-order valence-corrected chi connectivity index (χ0v) is 40.3. The number of rotatable bonds is 13. The van der Waals surface area contributed by atoms with Crippen LogP contribution in [0.3, 0.4) is 0 Å². The van der Waals surface area contributed by atoms with Gasteiger partial charge in [-0.1, -0.05) is 176 Å². The van der Waals surface area contributed by atoms with E-state index in [9.17, 15) is 0 Å². The Hall–Kier alpha value is -8.76. The molecule has 0 aliphatic carbocycles. The number of aromatic nitrogens is 2. The lowest BCUT2D eigenvalue weighted by Crippen LogP contribution is -2.40. The van der Waals surface area contributed by atoms with Crippen molar-refractivity contribution in [3.63, 3.8) is 0 Å². The Morgan fingerprint density at radius 1 is 0.284 bits per heavy atom. The van der Waals surface area contributed by atoms with E-state index in [4.69, 9.17) is 9.97 Å². The molecular formula is C64H48F6N4. The minimum atomic E-state index is -4.68. The van der Waals surface area contributed by atoms with Crippen molar-refractivity contribution in [3.05, 3.63) is 277 Å². The molecule has 2 unspecified atom stereocenters. The highest BCUT2D eigenvalue weighted by Gasteiger charge is 2.54. The molecule has 0 bridgehead atoms. The highest BCUT2D eigenvalue weighted by molar-refractivity contribution is 5.78. The Morgan fingerprint density at radius 2 is 0.527 bits per heavy atom. The van der Waals surface area contributed by atoms with Gasteiger partial charge < -0.3 is 9.80 Å². The number of anilines is 6. The SMILES string of the molecule is CC(c1ccc(-c2cc(-c3ccc(C(C)(c4ccc(N(c5ccccc5)c5ccccc5)cc4)C(F)(F)F)cc3)nc(-c3ccccc3)n2)cc1)(c1ccc(N(c2ccccc2)c2ccccc2)cc1)C(F)(F)F. The summed E-state index contributed by atoms with van der Waals surface area (Å²) in [5, 5.41) is 0. The van der Waals surface area contributed by atoms with E-state index in [1.54, 1.807) is 54.6 Å². The molecular weight excluding hydrogens is 939 g/mol. The molecule has 366 valence electrons. The first-order valence-electron chi connectivity index (χ1n) is 24.0. The smallest absolute Gasteiger partial charge is 0.311 e. The maximum Gasteiger partial charge on any atom is 0.402 e. The van der Waals surface area contributed by atoms with Gasteiger partial charge >= 0.3 is 12.4 Å². The monoisotopic (exact) mass is 986 g/mol. The average molecular weight is 987 g/mol. The van der Waals surface area contributed by atoms with Crippen LogP contribution in [0.1, 0.15) is 36.1 Å². The van der Waals surface area contributed by atoms with E-state index in [1.165, 1.54) is 62.4 Å². The maximum absolute atomic E-state index is 15.5. The quantitative estimate of drug-likeness (QED) is 0.108. The van der Waals surface area contributed by atoms with Crippen molar-refractivity contribution in [2.75, 3.05) is 9.80 Å². The highest BCUT2D eigenvalue weighted by Crippen LogP contribution is 2.49. The van der Waals surface area contributed by atoms with Crippen molar-refractivity contribution >= 4 is 34.1 Å². The van der Waals surface area contributed by atoms with Crippen molar-refractivity contribution in [2.24, 2.45) is 0 Å². The van der Waals surface area contributed by atoms with E-state index in [2.05, 4.69) is 0 Å². The van der Waals surface area contributed by atoms with Gasteiger partial charge in [0.05, 0.1) is 11.4 Å². The van der Waals surface area contributed by atoms with E-state index in [0.717, 1.165) is 22.7 Å². The number of alkyl halides is 6. The first-order chi connectivity index (χ1) is 35.7. The molecule has 0 fully saturated rings. The lowest BCUT2D eigenvalue weighted by atomic mass is 9.75. The Labute approximate surface area is 426 Å². The van der Waals surface area contributed by atoms with Crippen LogP contribution in [0, 0.1) is 0 Å². The molecule has 0 N–H and O–H groups in total. The average Bonchev–Trinajstić information content (AvgIpc) is 3.44. The van der Waals surface area contributed by atoms with Gasteiger partial charge in [-0.3, -0.25) is 0 Å². The molecule has 0 spiro atoms. The van der Waals surface area contributed by atoms with E-state index >= 15 is 26.3 Å². The van der Waals surface area contributed by atoms with Crippen LogP contribution in [0.25, 0.3) is 33.9 Å². The fourth-order valence-corrected chi connectivity index (χ4v) is 9.49. The third-order valence-corrected chi connectivity index (χ3v) is 13.9. The molecule has 0 aliphatic rings. The van der Waals surface area contributed by atoms with Gasteiger partial charge in [-0.25, -0.2) is 9.97 Å². The molecule has 0 aliphatic heterocycles. The zero-order chi connectivity index (χ0) is 51.5. The third kappa shape index (κ3) is 9.42. The van der Waals surface area contributed by atoms with E-state index < -0.39 is 23.2 Å². The fraction of sp³-hybridized carbons (Fsp3) is 0.0938. The molecule has 10 heteroatoms. The Balaban J connectivity index is 0.974. The first kappa shape index (κ1) is 48.8. The van der Waals surface area contributed by atoms with Gasteiger partial charge in [0.15, 0.2) is 5.82 Å². The van der Waals surface area contributed by atoms with Crippen LogP contribution in [-0.4, -0.2) is 22.3 Å². The molecule has 0 saturated carbocycles. The minimum Gasteiger partial charge on any atom is -0.311 e. The summed E-state index contributed by atoms with van der Waals surface area (Å²) in [4.78, 5) is 13.7. The van der Waals surface area contributed by atoms with Gasteiger partial charge in [-0.05, 0) is 115 Å². The Morgan fingerprint density at radius 3 is 0.797 bits per heavy atom.